The van der Waals surface area contributed by atoms with Crippen molar-refractivity contribution in [2.24, 2.45) is 0 Å². The number of hydrogen-bond acceptors (Lipinski definition) is 3. The van der Waals surface area contributed by atoms with Crippen LogP contribution in [0.15, 0.2) is 64.3 Å². The minimum Gasteiger partial charge on any atom is -0.348 e. The van der Waals surface area contributed by atoms with E-state index in [1.165, 1.54) is 6.07 Å². The van der Waals surface area contributed by atoms with E-state index in [0.717, 1.165) is 16.8 Å². The van der Waals surface area contributed by atoms with E-state index in [1.54, 1.807) is 16.8 Å². The lowest BCUT2D eigenvalue weighted by Gasteiger charge is -2.16. The molecule has 1 atom stereocenters. The number of aryl methyl sites for hydroxylation is 2. The fourth-order valence-electron chi connectivity index (χ4n) is 3.22. The summed E-state index contributed by atoms with van der Waals surface area (Å²) in [4.78, 5) is 39.7. The molecule has 0 aliphatic heterocycles. The van der Waals surface area contributed by atoms with Gasteiger partial charge in [-0.3, -0.25) is 14.4 Å². The molecule has 3 aromatic rings. The van der Waals surface area contributed by atoms with E-state index >= 15 is 0 Å². The third-order valence-electron chi connectivity index (χ3n) is 4.83. The largest absolute Gasteiger partial charge is 0.348 e. The van der Waals surface area contributed by atoms with Crippen molar-refractivity contribution in [1.29, 1.82) is 0 Å². The van der Waals surface area contributed by atoms with Crippen molar-refractivity contribution in [2.75, 3.05) is 0 Å². The molecule has 0 aliphatic carbocycles. The van der Waals surface area contributed by atoms with E-state index in [-0.39, 0.29) is 29.3 Å². The van der Waals surface area contributed by atoms with Gasteiger partial charge >= 0.3 is 0 Å². The summed E-state index contributed by atoms with van der Waals surface area (Å²) in [6.45, 7) is 5.67. The highest BCUT2D eigenvalue weighted by Gasteiger charge is 2.13. The molecule has 0 saturated heterocycles. The van der Waals surface area contributed by atoms with Crippen molar-refractivity contribution in [3.63, 3.8) is 0 Å². The fourth-order valence-corrected chi connectivity index (χ4v) is 3.22. The van der Waals surface area contributed by atoms with Gasteiger partial charge in [-0.05, 0) is 44.0 Å². The van der Waals surface area contributed by atoms with Crippen LogP contribution in [0.1, 0.15) is 45.7 Å². The van der Waals surface area contributed by atoms with Crippen molar-refractivity contribution in [2.45, 2.75) is 33.4 Å². The Kier molecular flexibility index (Phi) is 5.59. The summed E-state index contributed by atoms with van der Waals surface area (Å²) in [5.41, 5.74) is 2.89. The van der Waals surface area contributed by atoms with Crippen LogP contribution in [0.4, 0.5) is 0 Å². The molecule has 2 aromatic heterocycles. The van der Waals surface area contributed by atoms with Gasteiger partial charge in [0, 0.05) is 35.6 Å². The van der Waals surface area contributed by atoms with Gasteiger partial charge in [-0.25, -0.2) is 0 Å². The Bertz CT molecular complexity index is 1110. The van der Waals surface area contributed by atoms with Gasteiger partial charge in [-0.1, -0.05) is 30.3 Å². The van der Waals surface area contributed by atoms with E-state index in [9.17, 15) is 14.4 Å². The Balaban J connectivity index is 1.76. The monoisotopic (exact) mass is 377 g/mol. The number of H-pyrrole nitrogens is 1. The second-order valence-electron chi connectivity index (χ2n) is 6.87. The molecule has 0 aliphatic rings. The minimum atomic E-state index is -0.393. The normalized spacial score (nSPS) is 11.8. The molecule has 144 valence electrons. The van der Waals surface area contributed by atoms with E-state index in [4.69, 9.17) is 0 Å². The van der Waals surface area contributed by atoms with Crippen molar-refractivity contribution < 1.29 is 4.79 Å². The Morgan fingerprint density at radius 2 is 1.82 bits per heavy atom. The lowest BCUT2D eigenvalue weighted by atomic mass is 10.1. The van der Waals surface area contributed by atoms with Gasteiger partial charge < -0.3 is 14.9 Å². The number of benzene rings is 1. The quantitative estimate of drug-likeness (QED) is 0.717. The summed E-state index contributed by atoms with van der Waals surface area (Å²) >= 11 is 0. The molecule has 0 radical (unpaired) electrons. The summed E-state index contributed by atoms with van der Waals surface area (Å²) in [6.07, 6.45) is 1.62. The molecular formula is C22H23N3O3. The lowest BCUT2D eigenvalue weighted by Crippen LogP contribution is -2.30. The van der Waals surface area contributed by atoms with Crippen LogP contribution in [0.2, 0.25) is 0 Å². The molecule has 6 heteroatoms. The van der Waals surface area contributed by atoms with Crippen molar-refractivity contribution in [1.82, 2.24) is 14.9 Å². The van der Waals surface area contributed by atoms with Gasteiger partial charge in [0.15, 0.2) is 0 Å². The van der Waals surface area contributed by atoms with Crippen LogP contribution in [0, 0.1) is 13.8 Å². The number of pyridine rings is 2. The predicted octanol–water partition coefficient (Wildman–Crippen LogP) is 2.69. The van der Waals surface area contributed by atoms with E-state index in [0.29, 0.717) is 5.56 Å². The predicted molar refractivity (Wildman–Crippen MR) is 109 cm³/mol. The summed E-state index contributed by atoms with van der Waals surface area (Å²) in [5, 5.41) is 2.72. The van der Waals surface area contributed by atoms with Crippen LogP contribution < -0.4 is 16.4 Å². The van der Waals surface area contributed by atoms with E-state index < -0.39 is 5.91 Å². The summed E-state index contributed by atoms with van der Waals surface area (Å²) in [5.74, 6) is -0.393. The number of carbonyl (C=O) groups excluding carboxylic acids is 1. The molecule has 2 N–H and O–H groups in total. The number of nitrogens with zero attached hydrogens (tertiary/aromatic N) is 1. The molecule has 6 nitrogen and oxygen atoms in total. The SMILES string of the molecule is Cc1cc(C)c(CNC(=O)c2ccn([C@@H](C)c3ccccc3)c(=O)c2)c(=O)[nH]1. The van der Waals surface area contributed by atoms with Crippen LogP contribution in [-0.4, -0.2) is 15.5 Å². The van der Waals surface area contributed by atoms with Gasteiger partial charge in [-0.2, -0.15) is 0 Å². The third-order valence-corrected chi connectivity index (χ3v) is 4.83. The highest BCUT2D eigenvalue weighted by atomic mass is 16.2. The highest BCUT2D eigenvalue weighted by molar-refractivity contribution is 5.93. The molecule has 1 aromatic carbocycles. The van der Waals surface area contributed by atoms with Crippen LogP contribution in [0.5, 0.6) is 0 Å². The Hall–Kier alpha value is -3.41. The molecule has 2 heterocycles. The van der Waals surface area contributed by atoms with Gasteiger partial charge in [0.25, 0.3) is 17.0 Å². The van der Waals surface area contributed by atoms with Crippen molar-refractivity contribution >= 4 is 5.91 Å². The molecule has 0 spiro atoms. The zero-order chi connectivity index (χ0) is 20.3. The number of hydrogen-bond donors (Lipinski definition) is 2. The molecular weight excluding hydrogens is 354 g/mol. The van der Waals surface area contributed by atoms with Gasteiger partial charge in [-0.15, -0.1) is 0 Å². The average Bonchev–Trinajstić information content (AvgIpc) is 2.67. The average molecular weight is 377 g/mol. The smallest absolute Gasteiger partial charge is 0.253 e. The maximum atomic E-state index is 12.5. The van der Waals surface area contributed by atoms with Gasteiger partial charge in [0.05, 0.1) is 6.04 Å². The first-order valence-electron chi connectivity index (χ1n) is 9.11. The maximum absolute atomic E-state index is 12.5. The summed E-state index contributed by atoms with van der Waals surface area (Å²) in [6, 6.07) is 14.3. The van der Waals surface area contributed by atoms with E-state index in [1.807, 2.05) is 57.2 Å². The summed E-state index contributed by atoms with van der Waals surface area (Å²) in [7, 11) is 0. The molecule has 28 heavy (non-hydrogen) atoms. The molecule has 0 fully saturated rings. The molecule has 3 rings (SSSR count). The zero-order valence-corrected chi connectivity index (χ0v) is 16.2. The zero-order valence-electron chi connectivity index (χ0n) is 16.2. The topological polar surface area (TPSA) is 84.0 Å². The van der Waals surface area contributed by atoms with Crippen molar-refractivity contribution in [3.05, 3.63) is 103 Å². The number of nitrogens with one attached hydrogen (secondary N) is 2. The van der Waals surface area contributed by atoms with Gasteiger partial charge in [0.2, 0.25) is 0 Å². The van der Waals surface area contributed by atoms with Crippen molar-refractivity contribution in [3.8, 4) is 0 Å². The molecule has 0 saturated carbocycles. The van der Waals surface area contributed by atoms with Crippen LogP contribution >= 0.6 is 0 Å². The highest BCUT2D eigenvalue weighted by Crippen LogP contribution is 2.15. The lowest BCUT2D eigenvalue weighted by molar-refractivity contribution is 0.0950. The minimum absolute atomic E-state index is 0.101. The standard InChI is InChI=1S/C22H23N3O3/c1-14-11-15(2)24-22(28)19(14)13-23-21(27)18-9-10-25(20(26)12-18)16(3)17-7-5-4-6-8-17/h4-12,16H,13H2,1-3H3,(H,23,27)(H,24,28)/t16-/m0/s1. The van der Waals surface area contributed by atoms with Crippen LogP contribution in [0.25, 0.3) is 0 Å². The summed E-state index contributed by atoms with van der Waals surface area (Å²) < 4.78 is 1.58. The number of aromatic nitrogens is 2. The first kappa shape index (κ1) is 19.4. The maximum Gasteiger partial charge on any atom is 0.253 e. The second kappa shape index (κ2) is 8.08. The first-order chi connectivity index (χ1) is 13.4. The number of rotatable bonds is 5. The number of amides is 1. The van der Waals surface area contributed by atoms with E-state index in [2.05, 4.69) is 10.3 Å². The van der Waals surface area contributed by atoms with Crippen LogP contribution in [-0.2, 0) is 6.54 Å². The van der Waals surface area contributed by atoms with Gasteiger partial charge in [0.1, 0.15) is 0 Å². The number of carbonyl (C=O) groups is 1. The molecule has 0 unspecified atom stereocenters. The Morgan fingerprint density at radius 1 is 1.11 bits per heavy atom. The Labute approximate surface area is 162 Å². The number of aromatic amines is 1. The Morgan fingerprint density at radius 3 is 2.46 bits per heavy atom. The fraction of sp³-hybridized carbons (Fsp3) is 0.227. The third kappa shape index (κ3) is 4.11. The van der Waals surface area contributed by atoms with Crippen LogP contribution in [0.3, 0.4) is 0 Å². The second-order valence-corrected chi connectivity index (χ2v) is 6.87. The first-order valence-corrected chi connectivity index (χ1v) is 9.11. The molecule has 0 bridgehead atoms. The molecule has 1 amide bonds.